The van der Waals surface area contributed by atoms with Crippen molar-refractivity contribution in [3.05, 3.63) is 18.0 Å². The smallest absolute Gasteiger partial charge is 0.338 e. The zero-order chi connectivity index (χ0) is 13.1. The fraction of sp³-hybridized carbons (Fsp3) is 0.364. The number of aromatic carboxylic acids is 1. The highest BCUT2D eigenvalue weighted by Crippen LogP contribution is 2.30. The van der Waals surface area contributed by atoms with E-state index in [0.29, 0.717) is 22.9 Å². The van der Waals surface area contributed by atoms with Crippen molar-refractivity contribution < 1.29 is 14.6 Å². The Balaban J connectivity index is 2.48. The summed E-state index contributed by atoms with van der Waals surface area (Å²) in [6.45, 7) is 0.563. The number of hydrogen-bond acceptors (Lipinski definition) is 5. The summed E-state index contributed by atoms with van der Waals surface area (Å²) < 4.78 is 6.60. The summed E-state index contributed by atoms with van der Waals surface area (Å²) in [5.74, 6) is -0.293. The second-order valence-electron chi connectivity index (χ2n) is 3.65. The Labute approximate surface area is 108 Å². The minimum absolute atomic E-state index is 0.205. The van der Waals surface area contributed by atoms with Gasteiger partial charge in [-0.3, -0.25) is 4.68 Å². The molecule has 2 rings (SSSR count). The Morgan fingerprint density at radius 1 is 1.56 bits per heavy atom. The van der Waals surface area contributed by atoms with Crippen LogP contribution in [0.2, 0.25) is 0 Å². The molecule has 0 aliphatic carbocycles. The number of aromatic nitrogens is 3. The van der Waals surface area contributed by atoms with Crippen LogP contribution in [-0.2, 0) is 11.8 Å². The van der Waals surface area contributed by atoms with Crippen LogP contribution in [0.4, 0.5) is 0 Å². The molecule has 0 aromatic carbocycles. The van der Waals surface area contributed by atoms with E-state index in [1.165, 1.54) is 18.0 Å². The maximum atomic E-state index is 11.2. The SMILES string of the molecule is COCCSc1c(C(=O)O)cnc2c1cnn2C. The van der Waals surface area contributed by atoms with Crippen LogP contribution in [0.3, 0.4) is 0 Å². The number of methoxy groups -OCH3 is 1. The molecular formula is C11H13N3O3S. The predicted octanol–water partition coefficient (Wildman–Crippen LogP) is 1.41. The van der Waals surface area contributed by atoms with E-state index in [4.69, 9.17) is 4.74 Å². The highest BCUT2D eigenvalue weighted by molar-refractivity contribution is 7.99. The molecule has 2 aromatic heterocycles. The Kier molecular flexibility index (Phi) is 3.83. The van der Waals surface area contributed by atoms with Crippen LogP contribution < -0.4 is 0 Å². The minimum atomic E-state index is -0.979. The minimum Gasteiger partial charge on any atom is -0.478 e. The molecule has 0 amide bonds. The molecule has 0 saturated carbocycles. The molecule has 6 nitrogen and oxygen atoms in total. The van der Waals surface area contributed by atoms with E-state index in [9.17, 15) is 9.90 Å². The van der Waals surface area contributed by atoms with Crippen molar-refractivity contribution in [2.45, 2.75) is 4.90 Å². The fourth-order valence-corrected chi connectivity index (χ4v) is 2.66. The summed E-state index contributed by atoms with van der Waals surface area (Å²) in [6, 6.07) is 0. The molecule has 0 unspecified atom stereocenters. The number of aryl methyl sites for hydroxylation is 1. The molecular weight excluding hydrogens is 254 g/mol. The van der Waals surface area contributed by atoms with Gasteiger partial charge in [-0.25, -0.2) is 9.78 Å². The maximum Gasteiger partial charge on any atom is 0.338 e. The van der Waals surface area contributed by atoms with Gasteiger partial charge in [0.15, 0.2) is 5.65 Å². The Morgan fingerprint density at radius 3 is 3.00 bits per heavy atom. The third kappa shape index (κ3) is 2.32. The number of thioether (sulfide) groups is 1. The molecule has 18 heavy (non-hydrogen) atoms. The first-order valence-corrected chi connectivity index (χ1v) is 6.29. The number of fused-ring (bicyclic) bond motifs is 1. The molecule has 0 bridgehead atoms. The summed E-state index contributed by atoms with van der Waals surface area (Å²) in [5.41, 5.74) is 0.886. The van der Waals surface area contributed by atoms with Gasteiger partial charge >= 0.3 is 5.97 Å². The highest BCUT2D eigenvalue weighted by Gasteiger charge is 2.16. The van der Waals surface area contributed by atoms with E-state index in [0.717, 1.165) is 5.39 Å². The zero-order valence-corrected chi connectivity index (χ0v) is 10.9. The quantitative estimate of drug-likeness (QED) is 0.652. The van der Waals surface area contributed by atoms with E-state index in [2.05, 4.69) is 10.1 Å². The van der Waals surface area contributed by atoms with Crippen LogP contribution in [0, 0.1) is 0 Å². The van der Waals surface area contributed by atoms with Gasteiger partial charge in [-0.2, -0.15) is 5.10 Å². The lowest BCUT2D eigenvalue weighted by Gasteiger charge is -2.06. The van der Waals surface area contributed by atoms with Crippen LogP contribution >= 0.6 is 11.8 Å². The number of pyridine rings is 1. The van der Waals surface area contributed by atoms with Crippen molar-refractivity contribution in [1.82, 2.24) is 14.8 Å². The van der Waals surface area contributed by atoms with Crippen molar-refractivity contribution in [2.75, 3.05) is 19.5 Å². The average Bonchev–Trinajstić information content (AvgIpc) is 2.72. The molecule has 0 atom stereocenters. The third-order valence-corrected chi connectivity index (χ3v) is 3.58. The van der Waals surface area contributed by atoms with Gasteiger partial charge in [0.2, 0.25) is 0 Å². The van der Waals surface area contributed by atoms with Gasteiger partial charge in [0.1, 0.15) is 0 Å². The van der Waals surface area contributed by atoms with Crippen LogP contribution in [0.1, 0.15) is 10.4 Å². The van der Waals surface area contributed by atoms with E-state index < -0.39 is 5.97 Å². The van der Waals surface area contributed by atoms with Crippen molar-refractivity contribution in [3.63, 3.8) is 0 Å². The van der Waals surface area contributed by atoms with Gasteiger partial charge in [-0.1, -0.05) is 0 Å². The Morgan fingerprint density at radius 2 is 2.33 bits per heavy atom. The molecule has 0 saturated heterocycles. The molecule has 0 spiro atoms. The molecule has 0 aliphatic heterocycles. The predicted molar refractivity (Wildman–Crippen MR) is 68.1 cm³/mol. The number of hydrogen-bond donors (Lipinski definition) is 1. The molecule has 0 aliphatic rings. The first-order chi connectivity index (χ1) is 8.65. The van der Waals surface area contributed by atoms with Crippen LogP contribution in [0.15, 0.2) is 17.3 Å². The first-order valence-electron chi connectivity index (χ1n) is 5.31. The molecule has 0 radical (unpaired) electrons. The molecule has 2 heterocycles. The Bertz CT molecular complexity index is 582. The normalized spacial score (nSPS) is 11.0. The highest BCUT2D eigenvalue weighted by atomic mass is 32.2. The zero-order valence-electron chi connectivity index (χ0n) is 10.1. The lowest BCUT2D eigenvalue weighted by Crippen LogP contribution is -2.03. The lowest BCUT2D eigenvalue weighted by atomic mass is 10.2. The standard InChI is InChI=1S/C11H13N3O3S/c1-14-10-7(6-13-14)9(18-4-3-17-2)8(5-12-10)11(15)16/h5-6H,3-4H2,1-2H3,(H,15,16). The lowest BCUT2D eigenvalue weighted by molar-refractivity contribution is 0.0693. The van der Waals surface area contributed by atoms with Gasteiger partial charge in [0, 0.05) is 31.0 Å². The van der Waals surface area contributed by atoms with E-state index >= 15 is 0 Å². The van der Waals surface area contributed by atoms with Crippen molar-refractivity contribution >= 4 is 28.8 Å². The number of nitrogens with zero attached hydrogens (tertiary/aromatic N) is 3. The second-order valence-corrected chi connectivity index (χ2v) is 4.76. The average molecular weight is 267 g/mol. The van der Waals surface area contributed by atoms with Crippen LogP contribution in [0.25, 0.3) is 11.0 Å². The molecule has 0 fully saturated rings. The maximum absolute atomic E-state index is 11.2. The number of carbonyl (C=O) groups is 1. The van der Waals surface area contributed by atoms with Crippen molar-refractivity contribution in [1.29, 1.82) is 0 Å². The van der Waals surface area contributed by atoms with Crippen molar-refractivity contribution in [2.24, 2.45) is 7.05 Å². The molecule has 1 N–H and O–H groups in total. The molecule has 96 valence electrons. The van der Waals surface area contributed by atoms with E-state index in [-0.39, 0.29) is 5.56 Å². The number of rotatable bonds is 5. The van der Waals surface area contributed by atoms with Crippen LogP contribution in [0.5, 0.6) is 0 Å². The van der Waals surface area contributed by atoms with Gasteiger partial charge < -0.3 is 9.84 Å². The van der Waals surface area contributed by atoms with Gasteiger partial charge in [0.05, 0.1) is 23.8 Å². The summed E-state index contributed by atoms with van der Waals surface area (Å²) in [6.07, 6.45) is 3.02. The van der Waals surface area contributed by atoms with Gasteiger partial charge in [-0.15, -0.1) is 11.8 Å². The molecule has 7 heteroatoms. The number of ether oxygens (including phenoxy) is 1. The molecule has 2 aromatic rings. The summed E-state index contributed by atoms with van der Waals surface area (Å²) in [7, 11) is 3.39. The second kappa shape index (κ2) is 5.36. The monoisotopic (exact) mass is 267 g/mol. The van der Waals surface area contributed by atoms with E-state index in [1.807, 2.05) is 0 Å². The third-order valence-electron chi connectivity index (χ3n) is 2.48. The van der Waals surface area contributed by atoms with Gasteiger partial charge in [0.25, 0.3) is 0 Å². The van der Waals surface area contributed by atoms with Crippen LogP contribution in [-0.4, -0.2) is 45.3 Å². The fourth-order valence-electron chi connectivity index (χ4n) is 1.61. The van der Waals surface area contributed by atoms with Crippen molar-refractivity contribution in [3.8, 4) is 0 Å². The number of carboxylic acids is 1. The topological polar surface area (TPSA) is 77.2 Å². The number of carboxylic acid groups (broad SMARTS) is 1. The van der Waals surface area contributed by atoms with Gasteiger partial charge in [-0.05, 0) is 0 Å². The summed E-state index contributed by atoms with van der Waals surface area (Å²) in [5, 5.41) is 14.0. The largest absolute Gasteiger partial charge is 0.478 e. The van der Waals surface area contributed by atoms with E-state index in [1.54, 1.807) is 25.0 Å². The summed E-state index contributed by atoms with van der Waals surface area (Å²) in [4.78, 5) is 16.0. The first kappa shape index (κ1) is 12.8. The summed E-state index contributed by atoms with van der Waals surface area (Å²) >= 11 is 1.44. The Hall–Kier alpha value is -1.60.